The minimum absolute atomic E-state index is 0.176. The van der Waals surface area contributed by atoms with Gasteiger partial charge in [-0.1, -0.05) is 35.0 Å². The Morgan fingerprint density at radius 2 is 2.04 bits per heavy atom. The Morgan fingerprint density at radius 3 is 2.81 bits per heavy atom. The standard InChI is InChI=1S/C20H20BrN3O2/c1-3-7-19-23-17-11-10-15(21)12-16(17)20(25)24(19)22-13-14-8-5-6-9-18(14)26-4-2/h5-6,8-13H,3-4,7H2,1-2H3. The van der Waals surface area contributed by atoms with E-state index in [9.17, 15) is 4.79 Å². The molecular formula is C20H20BrN3O2. The van der Waals surface area contributed by atoms with Crippen LogP contribution in [0.5, 0.6) is 5.75 Å². The lowest BCUT2D eigenvalue weighted by atomic mass is 10.2. The van der Waals surface area contributed by atoms with Gasteiger partial charge in [-0.3, -0.25) is 4.79 Å². The number of fused-ring (bicyclic) bond motifs is 1. The molecule has 5 nitrogen and oxygen atoms in total. The van der Waals surface area contributed by atoms with Crippen molar-refractivity contribution < 1.29 is 4.74 Å². The Bertz CT molecular complexity index is 1010. The smallest absolute Gasteiger partial charge is 0.282 e. The maximum Gasteiger partial charge on any atom is 0.282 e. The van der Waals surface area contributed by atoms with E-state index in [1.54, 1.807) is 12.3 Å². The topological polar surface area (TPSA) is 56.5 Å². The summed E-state index contributed by atoms with van der Waals surface area (Å²) in [6.07, 6.45) is 3.20. The van der Waals surface area contributed by atoms with Crippen molar-refractivity contribution in [3.63, 3.8) is 0 Å². The van der Waals surface area contributed by atoms with E-state index in [2.05, 4.69) is 32.9 Å². The van der Waals surface area contributed by atoms with E-state index in [-0.39, 0.29) is 5.56 Å². The Labute approximate surface area is 160 Å². The van der Waals surface area contributed by atoms with Crippen molar-refractivity contribution >= 4 is 33.0 Å². The molecule has 0 N–H and O–H groups in total. The predicted molar refractivity (Wildman–Crippen MR) is 108 cm³/mol. The van der Waals surface area contributed by atoms with Crippen molar-refractivity contribution in [3.05, 3.63) is 68.7 Å². The summed E-state index contributed by atoms with van der Waals surface area (Å²) >= 11 is 3.41. The van der Waals surface area contributed by atoms with Crippen LogP contribution in [0.3, 0.4) is 0 Å². The molecule has 0 aliphatic heterocycles. The second kappa shape index (κ2) is 8.27. The molecule has 0 amide bonds. The minimum atomic E-state index is -0.176. The van der Waals surface area contributed by atoms with Crippen molar-refractivity contribution in [2.24, 2.45) is 5.10 Å². The molecule has 0 saturated carbocycles. The van der Waals surface area contributed by atoms with Crippen LogP contribution in [0.25, 0.3) is 10.9 Å². The van der Waals surface area contributed by atoms with Crippen LogP contribution in [0.15, 0.2) is 56.8 Å². The largest absolute Gasteiger partial charge is 0.493 e. The van der Waals surface area contributed by atoms with Crippen molar-refractivity contribution in [1.29, 1.82) is 0 Å². The lowest BCUT2D eigenvalue weighted by molar-refractivity contribution is 0.340. The Balaban J connectivity index is 2.13. The fraction of sp³-hybridized carbons (Fsp3) is 0.250. The molecule has 3 aromatic rings. The van der Waals surface area contributed by atoms with Crippen LogP contribution in [0.2, 0.25) is 0 Å². The molecule has 0 aliphatic carbocycles. The molecule has 0 aliphatic rings. The molecule has 0 saturated heterocycles. The zero-order valence-electron chi connectivity index (χ0n) is 14.8. The highest BCUT2D eigenvalue weighted by Crippen LogP contribution is 2.18. The number of nitrogens with zero attached hydrogens (tertiary/aromatic N) is 3. The first kappa shape index (κ1) is 18.3. The van der Waals surface area contributed by atoms with Crippen LogP contribution < -0.4 is 10.3 Å². The van der Waals surface area contributed by atoms with Gasteiger partial charge in [-0.05, 0) is 43.7 Å². The van der Waals surface area contributed by atoms with E-state index >= 15 is 0 Å². The predicted octanol–water partition coefficient (Wildman–Crippen LogP) is 4.39. The summed E-state index contributed by atoms with van der Waals surface area (Å²) in [5.74, 6) is 1.39. The fourth-order valence-corrected chi connectivity index (χ4v) is 3.05. The van der Waals surface area contributed by atoms with E-state index in [0.717, 1.165) is 22.2 Å². The summed E-state index contributed by atoms with van der Waals surface area (Å²) in [4.78, 5) is 17.6. The normalized spacial score (nSPS) is 11.3. The molecule has 0 atom stereocenters. The van der Waals surface area contributed by atoms with E-state index < -0.39 is 0 Å². The summed E-state index contributed by atoms with van der Waals surface area (Å²) < 4.78 is 7.85. The van der Waals surface area contributed by atoms with Gasteiger partial charge in [-0.25, -0.2) is 4.98 Å². The van der Waals surface area contributed by atoms with E-state index in [1.807, 2.05) is 43.3 Å². The summed E-state index contributed by atoms with van der Waals surface area (Å²) in [5, 5.41) is 4.98. The SMILES string of the molecule is CCCc1nc2ccc(Br)cc2c(=O)n1N=Cc1ccccc1OCC. The maximum atomic E-state index is 13.0. The van der Waals surface area contributed by atoms with Gasteiger partial charge in [0.2, 0.25) is 0 Å². The van der Waals surface area contributed by atoms with Crippen LogP contribution in [-0.2, 0) is 6.42 Å². The minimum Gasteiger partial charge on any atom is -0.493 e. The second-order valence-corrected chi connectivity index (χ2v) is 6.69. The number of para-hydroxylation sites is 1. The number of aryl methyl sites for hydroxylation is 1. The number of hydrogen-bond donors (Lipinski definition) is 0. The number of ether oxygens (including phenoxy) is 1. The van der Waals surface area contributed by atoms with Crippen LogP contribution >= 0.6 is 15.9 Å². The van der Waals surface area contributed by atoms with Crippen molar-refractivity contribution in [3.8, 4) is 5.75 Å². The van der Waals surface area contributed by atoms with Crippen LogP contribution in [0, 0.1) is 0 Å². The Kier molecular flexibility index (Phi) is 5.83. The molecule has 0 radical (unpaired) electrons. The van der Waals surface area contributed by atoms with Crippen molar-refractivity contribution in [2.45, 2.75) is 26.7 Å². The van der Waals surface area contributed by atoms with Gasteiger partial charge in [0.1, 0.15) is 11.6 Å². The highest BCUT2D eigenvalue weighted by atomic mass is 79.9. The summed E-state index contributed by atoms with van der Waals surface area (Å²) in [5.41, 5.74) is 1.32. The number of benzene rings is 2. The van der Waals surface area contributed by atoms with Gasteiger partial charge in [-0.15, -0.1) is 0 Å². The molecule has 1 aromatic heterocycles. The third-order valence-corrected chi connectivity index (χ3v) is 4.37. The summed E-state index contributed by atoms with van der Waals surface area (Å²) in [6.45, 7) is 4.55. The average molecular weight is 414 g/mol. The third kappa shape index (κ3) is 3.85. The maximum absolute atomic E-state index is 13.0. The quantitative estimate of drug-likeness (QED) is 0.562. The molecule has 2 aromatic carbocycles. The van der Waals surface area contributed by atoms with Crippen LogP contribution in [0.4, 0.5) is 0 Å². The molecular weight excluding hydrogens is 394 g/mol. The monoisotopic (exact) mass is 413 g/mol. The van der Waals surface area contributed by atoms with Gasteiger partial charge in [0, 0.05) is 16.5 Å². The molecule has 134 valence electrons. The second-order valence-electron chi connectivity index (χ2n) is 5.77. The van der Waals surface area contributed by atoms with E-state index in [1.165, 1.54) is 4.68 Å². The molecule has 6 heteroatoms. The molecule has 1 heterocycles. The van der Waals surface area contributed by atoms with E-state index in [4.69, 9.17) is 4.74 Å². The molecule has 0 unspecified atom stereocenters. The van der Waals surface area contributed by atoms with Crippen LogP contribution in [-0.4, -0.2) is 22.5 Å². The van der Waals surface area contributed by atoms with E-state index in [0.29, 0.717) is 29.8 Å². The number of aromatic nitrogens is 2. The zero-order chi connectivity index (χ0) is 18.5. The molecule has 26 heavy (non-hydrogen) atoms. The van der Waals surface area contributed by atoms with Gasteiger partial charge in [0.15, 0.2) is 0 Å². The van der Waals surface area contributed by atoms with Gasteiger partial charge in [0.25, 0.3) is 5.56 Å². The summed E-state index contributed by atoms with van der Waals surface area (Å²) in [6, 6.07) is 13.1. The molecule has 0 bridgehead atoms. The lowest BCUT2D eigenvalue weighted by Gasteiger charge is -2.09. The van der Waals surface area contributed by atoms with Gasteiger partial charge >= 0.3 is 0 Å². The number of hydrogen-bond acceptors (Lipinski definition) is 4. The molecule has 0 fully saturated rings. The van der Waals surface area contributed by atoms with Gasteiger partial charge in [0.05, 0.1) is 23.7 Å². The highest BCUT2D eigenvalue weighted by Gasteiger charge is 2.10. The first-order chi connectivity index (χ1) is 12.6. The third-order valence-electron chi connectivity index (χ3n) is 3.88. The Morgan fingerprint density at radius 1 is 1.23 bits per heavy atom. The first-order valence-corrected chi connectivity index (χ1v) is 9.40. The van der Waals surface area contributed by atoms with Crippen molar-refractivity contribution in [1.82, 2.24) is 9.66 Å². The fourth-order valence-electron chi connectivity index (χ4n) is 2.69. The first-order valence-electron chi connectivity index (χ1n) is 8.61. The summed E-state index contributed by atoms with van der Waals surface area (Å²) in [7, 11) is 0. The van der Waals surface area contributed by atoms with Gasteiger partial charge in [-0.2, -0.15) is 9.78 Å². The molecule has 3 rings (SSSR count). The lowest BCUT2D eigenvalue weighted by Crippen LogP contribution is -2.22. The average Bonchev–Trinajstić information content (AvgIpc) is 2.64. The number of rotatable bonds is 6. The number of halogens is 1. The van der Waals surface area contributed by atoms with Gasteiger partial charge < -0.3 is 4.74 Å². The highest BCUT2D eigenvalue weighted by molar-refractivity contribution is 9.10. The molecule has 0 spiro atoms. The van der Waals surface area contributed by atoms with Crippen LogP contribution in [0.1, 0.15) is 31.7 Å². The zero-order valence-corrected chi connectivity index (χ0v) is 16.4. The van der Waals surface area contributed by atoms with Crippen molar-refractivity contribution in [2.75, 3.05) is 6.61 Å². The Hall–Kier alpha value is -2.47.